The van der Waals surface area contributed by atoms with Crippen molar-refractivity contribution in [3.63, 3.8) is 0 Å². The third kappa shape index (κ3) is 3.39. The maximum absolute atomic E-state index is 10.6. The zero-order valence-corrected chi connectivity index (χ0v) is 12.4. The number of aliphatic hydroxyl groups excluding tert-OH is 1. The Morgan fingerprint density at radius 1 is 1.21 bits per heavy atom. The lowest BCUT2D eigenvalue weighted by Gasteiger charge is -2.34. The van der Waals surface area contributed by atoms with E-state index >= 15 is 0 Å². The van der Waals surface area contributed by atoms with Gasteiger partial charge in [0.15, 0.2) is 0 Å². The predicted octanol–water partition coefficient (Wildman–Crippen LogP) is 2.94. The Labute approximate surface area is 115 Å². The van der Waals surface area contributed by atoms with Crippen LogP contribution in [-0.2, 0) is 4.74 Å². The average molecular weight is 268 g/mol. The molecular formula is C15H24O4. The molecule has 1 N–H and O–H groups in total. The van der Waals surface area contributed by atoms with Crippen molar-refractivity contribution in [1.82, 2.24) is 0 Å². The molecule has 2 unspecified atom stereocenters. The average Bonchev–Trinajstić information content (AvgIpc) is 2.45. The maximum atomic E-state index is 10.6. The van der Waals surface area contributed by atoms with Gasteiger partial charge in [0.2, 0.25) is 0 Å². The van der Waals surface area contributed by atoms with Crippen molar-refractivity contribution in [2.75, 3.05) is 20.8 Å². The second kappa shape index (κ2) is 6.78. The lowest BCUT2D eigenvalue weighted by atomic mass is 9.89. The van der Waals surface area contributed by atoms with Crippen LogP contribution in [0.3, 0.4) is 0 Å². The highest BCUT2D eigenvalue weighted by Gasteiger charge is 2.34. The van der Waals surface area contributed by atoms with Crippen LogP contribution in [-0.4, -0.2) is 31.5 Å². The molecule has 0 saturated heterocycles. The molecule has 1 aromatic carbocycles. The normalized spacial score (nSPS) is 15.7. The molecule has 0 fully saturated rings. The Kier molecular flexibility index (Phi) is 5.63. The summed E-state index contributed by atoms with van der Waals surface area (Å²) in [6.45, 7) is 6.38. The zero-order chi connectivity index (χ0) is 14.5. The second-order valence-electron chi connectivity index (χ2n) is 4.61. The fourth-order valence-corrected chi connectivity index (χ4v) is 2.08. The molecule has 0 aromatic heterocycles. The smallest absolute Gasteiger partial charge is 0.128 e. The first kappa shape index (κ1) is 15.8. The summed E-state index contributed by atoms with van der Waals surface area (Å²) in [6, 6.07) is 5.39. The fraction of sp³-hybridized carbons (Fsp3) is 0.600. The predicted molar refractivity (Wildman–Crippen MR) is 74.8 cm³/mol. The summed E-state index contributed by atoms with van der Waals surface area (Å²) < 4.78 is 16.2. The van der Waals surface area contributed by atoms with Crippen LogP contribution in [0.4, 0.5) is 0 Å². The summed E-state index contributed by atoms with van der Waals surface area (Å²) in [6.07, 6.45) is -0.0460. The van der Waals surface area contributed by atoms with Crippen molar-refractivity contribution >= 4 is 0 Å². The summed E-state index contributed by atoms with van der Waals surface area (Å²) in [5.41, 5.74) is 0.0810. The molecule has 0 aliphatic heterocycles. The lowest BCUT2D eigenvalue weighted by molar-refractivity contribution is -0.113. The van der Waals surface area contributed by atoms with E-state index in [-0.39, 0.29) is 0 Å². The quantitative estimate of drug-likeness (QED) is 0.826. The number of hydrogen-bond donors (Lipinski definition) is 1. The van der Waals surface area contributed by atoms with Gasteiger partial charge in [-0.2, -0.15) is 0 Å². The van der Waals surface area contributed by atoms with Gasteiger partial charge < -0.3 is 19.3 Å². The van der Waals surface area contributed by atoms with Gasteiger partial charge in [0.05, 0.1) is 19.8 Å². The molecule has 0 bridgehead atoms. The molecule has 19 heavy (non-hydrogen) atoms. The largest absolute Gasteiger partial charge is 0.497 e. The van der Waals surface area contributed by atoms with Gasteiger partial charge in [0, 0.05) is 18.2 Å². The van der Waals surface area contributed by atoms with E-state index in [1.54, 1.807) is 20.3 Å². The summed E-state index contributed by atoms with van der Waals surface area (Å²) in [5, 5.41) is 10.6. The number of aliphatic hydroxyl groups is 1. The Morgan fingerprint density at radius 3 is 2.37 bits per heavy atom. The van der Waals surface area contributed by atoms with Crippen molar-refractivity contribution in [2.24, 2.45) is 0 Å². The SMILES string of the molecule is CCOC(C)(CC)C(O)c1ccc(OC)cc1OC. The van der Waals surface area contributed by atoms with E-state index in [1.807, 2.05) is 32.9 Å². The number of benzene rings is 1. The van der Waals surface area contributed by atoms with E-state index in [4.69, 9.17) is 14.2 Å². The first-order valence-corrected chi connectivity index (χ1v) is 6.56. The molecule has 0 saturated carbocycles. The van der Waals surface area contributed by atoms with Crippen LogP contribution in [0.25, 0.3) is 0 Å². The van der Waals surface area contributed by atoms with E-state index < -0.39 is 11.7 Å². The molecule has 4 heteroatoms. The number of methoxy groups -OCH3 is 2. The highest BCUT2D eigenvalue weighted by molar-refractivity contribution is 5.42. The fourth-order valence-electron chi connectivity index (χ4n) is 2.08. The summed E-state index contributed by atoms with van der Waals surface area (Å²) in [4.78, 5) is 0. The van der Waals surface area contributed by atoms with Gasteiger partial charge in [-0.15, -0.1) is 0 Å². The number of rotatable bonds is 7. The Morgan fingerprint density at radius 2 is 1.89 bits per heavy atom. The summed E-state index contributed by atoms with van der Waals surface area (Å²) >= 11 is 0. The lowest BCUT2D eigenvalue weighted by Crippen LogP contribution is -2.35. The van der Waals surface area contributed by atoms with Crippen molar-refractivity contribution in [3.05, 3.63) is 23.8 Å². The first-order valence-electron chi connectivity index (χ1n) is 6.56. The van der Waals surface area contributed by atoms with Crippen molar-refractivity contribution in [2.45, 2.75) is 38.9 Å². The van der Waals surface area contributed by atoms with Crippen LogP contribution in [0, 0.1) is 0 Å². The maximum Gasteiger partial charge on any atom is 0.128 e. The molecular weight excluding hydrogens is 244 g/mol. The van der Waals surface area contributed by atoms with Crippen molar-refractivity contribution in [3.8, 4) is 11.5 Å². The topological polar surface area (TPSA) is 47.9 Å². The number of hydrogen-bond acceptors (Lipinski definition) is 4. The van der Waals surface area contributed by atoms with Gasteiger partial charge in [0.1, 0.15) is 17.6 Å². The third-order valence-electron chi connectivity index (χ3n) is 3.49. The first-order chi connectivity index (χ1) is 9.02. The van der Waals surface area contributed by atoms with Crippen LogP contribution < -0.4 is 9.47 Å². The van der Waals surface area contributed by atoms with Crippen LogP contribution in [0.1, 0.15) is 38.9 Å². The standard InChI is InChI=1S/C15H24O4/c1-6-15(3,19-7-2)14(16)12-9-8-11(17-4)10-13(12)18-5/h8-10,14,16H,6-7H2,1-5H3. The minimum absolute atomic E-state index is 0.555. The number of ether oxygens (including phenoxy) is 3. The van der Waals surface area contributed by atoms with Crippen LogP contribution in [0.2, 0.25) is 0 Å². The van der Waals surface area contributed by atoms with E-state index in [1.165, 1.54) is 0 Å². The molecule has 0 aliphatic carbocycles. The van der Waals surface area contributed by atoms with Gasteiger partial charge in [-0.1, -0.05) is 6.92 Å². The van der Waals surface area contributed by atoms with Gasteiger partial charge in [-0.25, -0.2) is 0 Å². The molecule has 0 heterocycles. The molecule has 108 valence electrons. The van der Waals surface area contributed by atoms with Gasteiger partial charge in [-0.3, -0.25) is 0 Å². The van der Waals surface area contributed by atoms with Crippen molar-refractivity contribution in [1.29, 1.82) is 0 Å². The third-order valence-corrected chi connectivity index (χ3v) is 3.49. The van der Waals surface area contributed by atoms with E-state index in [9.17, 15) is 5.11 Å². The molecule has 0 spiro atoms. The molecule has 0 radical (unpaired) electrons. The second-order valence-corrected chi connectivity index (χ2v) is 4.61. The molecule has 0 aliphatic rings. The van der Waals surface area contributed by atoms with E-state index in [0.717, 1.165) is 0 Å². The molecule has 0 amide bonds. The van der Waals surface area contributed by atoms with Gasteiger partial charge in [0.25, 0.3) is 0 Å². The highest BCUT2D eigenvalue weighted by Crippen LogP contribution is 2.38. The van der Waals surface area contributed by atoms with Crippen LogP contribution in [0.15, 0.2) is 18.2 Å². The van der Waals surface area contributed by atoms with Crippen LogP contribution in [0.5, 0.6) is 11.5 Å². The highest BCUT2D eigenvalue weighted by atomic mass is 16.5. The molecule has 4 nitrogen and oxygen atoms in total. The van der Waals surface area contributed by atoms with Crippen LogP contribution >= 0.6 is 0 Å². The zero-order valence-electron chi connectivity index (χ0n) is 12.4. The van der Waals surface area contributed by atoms with E-state index in [0.29, 0.717) is 30.1 Å². The molecule has 2 atom stereocenters. The van der Waals surface area contributed by atoms with Crippen molar-refractivity contribution < 1.29 is 19.3 Å². The van der Waals surface area contributed by atoms with E-state index in [2.05, 4.69) is 0 Å². The Hall–Kier alpha value is -1.26. The monoisotopic (exact) mass is 268 g/mol. The molecule has 1 aromatic rings. The summed E-state index contributed by atoms with van der Waals surface area (Å²) in [5.74, 6) is 1.30. The summed E-state index contributed by atoms with van der Waals surface area (Å²) in [7, 11) is 3.18. The minimum atomic E-state index is -0.752. The van der Waals surface area contributed by atoms with Gasteiger partial charge >= 0.3 is 0 Å². The van der Waals surface area contributed by atoms with Gasteiger partial charge in [-0.05, 0) is 32.4 Å². The Balaban J connectivity index is 3.13. The molecule has 1 rings (SSSR count). The minimum Gasteiger partial charge on any atom is -0.497 e. The Bertz CT molecular complexity index is 405.